The van der Waals surface area contributed by atoms with Crippen molar-refractivity contribution >= 4 is 11.7 Å². The number of Topliss-reactive ketones (excluding diaryl/α,β-unsaturated/α-hetero) is 1. The Balaban J connectivity index is 1.72. The highest BCUT2D eigenvalue weighted by molar-refractivity contribution is 6.00. The first-order valence-corrected chi connectivity index (χ1v) is 10.6. The first-order chi connectivity index (χ1) is 14.9. The van der Waals surface area contributed by atoms with Crippen molar-refractivity contribution < 1.29 is 9.53 Å². The molecule has 1 aliphatic heterocycles. The lowest BCUT2D eigenvalue weighted by molar-refractivity contribution is -0.118. The van der Waals surface area contributed by atoms with Gasteiger partial charge in [-0.05, 0) is 30.9 Å². The summed E-state index contributed by atoms with van der Waals surface area (Å²) < 4.78 is 7.50. The van der Waals surface area contributed by atoms with Crippen LogP contribution in [0.15, 0.2) is 59.8 Å². The van der Waals surface area contributed by atoms with E-state index in [2.05, 4.69) is 38.2 Å². The van der Waals surface area contributed by atoms with Crippen LogP contribution in [0.1, 0.15) is 43.9 Å². The van der Waals surface area contributed by atoms with Gasteiger partial charge in [0.05, 0.1) is 7.11 Å². The number of ketones is 1. The number of hydrogen-bond donors (Lipinski definition) is 1. The van der Waals surface area contributed by atoms with Gasteiger partial charge in [0.1, 0.15) is 11.8 Å². The third kappa shape index (κ3) is 3.32. The number of carbonyl (C=O) groups excluding carboxylic acids is 1. The van der Waals surface area contributed by atoms with Crippen molar-refractivity contribution in [1.29, 1.82) is 0 Å². The highest BCUT2D eigenvalue weighted by atomic mass is 16.5. The van der Waals surface area contributed by atoms with E-state index in [1.807, 2.05) is 41.1 Å². The van der Waals surface area contributed by atoms with Crippen molar-refractivity contribution in [3.05, 3.63) is 70.9 Å². The topological polar surface area (TPSA) is 69.0 Å². The highest BCUT2D eigenvalue weighted by Gasteiger charge is 2.42. The van der Waals surface area contributed by atoms with Crippen molar-refractivity contribution in [3.63, 3.8) is 0 Å². The Morgan fingerprint density at radius 1 is 1.13 bits per heavy atom. The normalized spacial score (nSPS) is 19.5. The zero-order valence-electron chi connectivity index (χ0n) is 18.3. The quantitative estimate of drug-likeness (QED) is 0.659. The summed E-state index contributed by atoms with van der Waals surface area (Å²) >= 11 is 0. The average molecular weight is 415 g/mol. The maximum Gasteiger partial charge on any atom is 0.226 e. The summed E-state index contributed by atoms with van der Waals surface area (Å²) in [5.74, 6) is 2.17. The molecule has 6 heteroatoms. The largest absolute Gasteiger partial charge is 0.496 e. The summed E-state index contributed by atoms with van der Waals surface area (Å²) in [6, 6.07) is 15.6. The molecule has 0 saturated carbocycles. The second kappa shape index (κ2) is 7.08. The van der Waals surface area contributed by atoms with Gasteiger partial charge in [-0.2, -0.15) is 4.98 Å². The number of carbonyl (C=O) groups is 1. The lowest BCUT2D eigenvalue weighted by Gasteiger charge is -2.38. The second-order valence-corrected chi connectivity index (χ2v) is 9.18. The molecule has 1 aliphatic carbocycles. The van der Waals surface area contributed by atoms with E-state index in [0.29, 0.717) is 18.2 Å². The van der Waals surface area contributed by atoms with Crippen LogP contribution in [0.5, 0.6) is 5.75 Å². The number of nitrogens with zero attached hydrogens (tertiary/aromatic N) is 3. The van der Waals surface area contributed by atoms with Gasteiger partial charge in [0, 0.05) is 28.8 Å². The number of nitrogens with one attached hydrogen (secondary N) is 1. The smallest absolute Gasteiger partial charge is 0.226 e. The van der Waals surface area contributed by atoms with E-state index in [4.69, 9.17) is 14.8 Å². The minimum Gasteiger partial charge on any atom is -0.496 e. The SMILES string of the molecule is COc1ccccc1[C@@H]1C2=C(CC(C)(C)CC2=O)Nc2nc(-c3cccc(C)c3)nn21. The summed E-state index contributed by atoms with van der Waals surface area (Å²) in [5, 5.41) is 8.29. The van der Waals surface area contributed by atoms with Gasteiger partial charge in [-0.25, -0.2) is 4.68 Å². The molecule has 0 spiro atoms. The molecule has 2 heterocycles. The molecular weight excluding hydrogens is 388 g/mol. The molecular formula is C25H26N4O2. The van der Waals surface area contributed by atoms with E-state index in [1.165, 1.54) is 0 Å². The Bertz CT molecular complexity index is 1220. The molecule has 0 amide bonds. The molecule has 0 fully saturated rings. The van der Waals surface area contributed by atoms with Crippen LogP contribution in [0, 0.1) is 12.3 Å². The summed E-state index contributed by atoms with van der Waals surface area (Å²) in [6.45, 7) is 6.31. The van der Waals surface area contributed by atoms with Gasteiger partial charge in [-0.1, -0.05) is 55.8 Å². The van der Waals surface area contributed by atoms with E-state index in [9.17, 15) is 4.79 Å². The van der Waals surface area contributed by atoms with Crippen LogP contribution in [-0.2, 0) is 4.79 Å². The fraction of sp³-hybridized carbons (Fsp3) is 0.320. The van der Waals surface area contributed by atoms with Crippen molar-refractivity contribution in [2.24, 2.45) is 5.41 Å². The molecule has 31 heavy (non-hydrogen) atoms. The van der Waals surface area contributed by atoms with E-state index in [0.717, 1.165) is 40.1 Å². The van der Waals surface area contributed by atoms with E-state index in [-0.39, 0.29) is 17.2 Å². The minimum absolute atomic E-state index is 0.101. The van der Waals surface area contributed by atoms with Crippen LogP contribution < -0.4 is 10.1 Å². The number of aromatic nitrogens is 3. The lowest BCUT2D eigenvalue weighted by Crippen LogP contribution is -2.36. The summed E-state index contributed by atoms with van der Waals surface area (Å²) in [4.78, 5) is 18.2. The van der Waals surface area contributed by atoms with Crippen LogP contribution in [0.4, 0.5) is 5.95 Å². The number of benzene rings is 2. The number of para-hydroxylation sites is 1. The van der Waals surface area contributed by atoms with Gasteiger partial charge in [0.25, 0.3) is 0 Å². The van der Waals surface area contributed by atoms with Gasteiger partial charge >= 0.3 is 0 Å². The number of aryl methyl sites for hydroxylation is 1. The summed E-state index contributed by atoms with van der Waals surface area (Å²) in [5.41, 5.74) is 4.61. The van der Waals surface area contributed by atoms with Crippen molar-refractivity contribution in [2.75, 3.05) is 12.4 Å². The van der Waals surface area contributed by atoms with E-state index >= 15 is 0 Å². The maximum absolute atomic E-state index is 13.4. The zero-order chi connectivity index (χ0) is 21.8. The molecule has 1 N–H and O–H groups in total. The van der Waals surface area contributed by atoms with E-state index in [1.54, 1.807) is 7.11 Å². The number of ether oxygens (including phenoxy) is 1. The van der Waals surface area contributed by atoms with Gasteiger partial charge in [-0.15, -0.1) is 5.10 Å². The predicted molar refractivity (Wildman–Crippen MR) is 120 cm³/mol. The molecule has 0 saturated heterocycles. The molecule has 2 aromatic carbocycles. The van der Waals surface area contributed by atoms with Gasteiger partial charge in [-0.3, -0.25) is 4.79 Å². The third-order valence-electron chi connectivity index (χ3n) is 6.04. The fourth-order valence-electron chi connectivity index (χ4n) is 4.70. The highest BCUT2D eigenvalue weighted by Crippen LogP contribution is 2.47. The third-order valence-corrected chi connectivity index (χ3v) is 6.04. The molecule has 3 aromatic rings. The van der Waals surface area contributed by atoms with Gasteiger partial charge in [0.2, 0.25) is 5.95 Å². The standard InChI is InChI=1S/C25H26N4O2/c1-15-8-7-9-16(12-15)23-27-24-26-18-13-25(2,3)14-19(30)21(18)22(29(24)28-23)17-10-5-6-11-20(17)31-4/h5-12,22H,13-14H2,1-4H3,(H,26,27,28)/t22-/m1/s1. The van der Waals surface area contributed by atoms with Gasteiger partial charge in [0.15, 0.2) is 11.6 Å². The Labute approximate surface area is 182 Å². The number of methoxy groups -OCH3 is 1. The minimum atomic E-state index is -0.378. The van der Waals surface area contributed by atoms with Crippen molar-refractivity contribution in [1.82, 2.24) is 14.8 Å². The fourth-order valence-corrected chi connectivity index (χ4v) is 4.70. The molecule has 0 unspecified atom stereocenters. The lowest BCUT2D eigenvalue weighted by atomic mass is 9.73. The molecule has 2 aliphatic rings. The molecule has 0 radical (unpaired) electrons. The first-order valence-electron chi connectivity index (χ1n) is 10.6. The van der Waals surface area contributed by atoms with Crippen LogP contribution in [0.25, 0.3) is 11.4 Å². The monoisotopic (exact) mass is 414 g/mol. The number of anilines is 1. The first kappa shape index (κ1) is 19.5. The predicted octanol–water partition coefficient (Wildman–Crippen LogP) is 4.92. The summed E-state index contributed by atoms with van der Waals surface area (Å²) in [6.07, 6.45) is 1.29. The van der Waals surface area contributed by atoms with Gasteiger partial charge < -0.3 is 10.1 Å². The molecule has 5 rings (SSSR count). The number of fused-ring (bicyclic) bond motifs is 1. The molecule has 0 bridgehead atoms. The number of allylic oxidation sites excluding steroid dienone is 2. The summed E-state index contributed by atoms with van der Waals surface area (Å²) in [7, 11) is 1.65. The Morgan fingerprint density at radius 2 is 1.94 bits per heavy atom. The number of rotatable bonds is 3. The molecule has 6 nitrogen and oxygen atoms in total. The molecule has 1 atom stereocenters. The zero-order valence-corrected chi connectivity index (χ0v) is 18.3. The molecule has 1 aromatic heterocycles. The Hall–Kier alpha value is -3.41. The molecule has 158 valence electrons. The number of hydrogen-bond acceptors (Lipinski definition) is 5. The van der Waals surface area contributed by atoms with Crippen LogP contribution in [0.3, 0.4) is 0 Å². The second-order valence-electron chi connectivity index (χ2n) is 9.18. The maximum atomic E-state index is 13.4. The van der Waals surface area contributed by atoms with Crippen molar-refractivity contribution in [2.45, 2.75) is 39.7 Å². The Morgan fingerprint density at radius 3 is 2.71 bits per heavy atom. The van der Waals surface area contributed by atoms with Crippen molar-refractivity contribution in [3.8, 4) is 17.1 Å². The Kier molecular flexibility index (Phi) is 4.46. The van der Waals surface area contributed by atoms with Crippen LogP contribution in [0.2, 0.25) is 0 Å². The van der Waals surface area contributed by atoms with E-state index < -0.39 is 0 Å². The van der Waals surface area contributed by atoms with Crippen LogP contribution >= 0.6 is 0 Å². The van der Waals surface area contributed by atoms with Crippen LogP contribution in [-0.4, -0.2) is 27.7 Å². The average Bonchev–Trinajstić information content (AvgIpc) is 3.15.